The van der Waals surface area contributed by atoms with Gasteiger partial charge in [-0.25, -0.2) is 0 Å². The second-order valence-electron chi connectivity index (χ2n) is 4.05. The molecular formula is C13H15NOS. The smallest absolute Gasteiger partial charge is 0.193 e. The molecule has 0 bridgehead atoms. The molecule has 1 aromatic carbocycles. The topological polar surface area (TPSA) is 22.0 Å². The zero-order valence-electron chi connectivity index (χ0n) is 9.78. The van der Waals surface area contributed by atoms with E-state index in [1.54, 1.807) is 11.8 Å². The molecular weight excluding hydrogens is 218 g/mol. The third-order valence-corrected chi connectivity index (χ3v) is 3.32. The monoisotopic (exact) mass is 233 g/mol. The van der Waals surface area contributed by atoms with Crippen molar-refractivity contribution in [1.29, 1.82) is 0 Å². The molecule has 3 heteroatoms. The van der Waals surface area contributed by atoms with Gasteiger partial charge in [-0.2, -0.15) is 11.8 Å². The lowest BCUT2D eigenvalue weighted by atomic mass is 10.1. The first-order valence-corrected chi connectivity index (χ1v) is 6.60. The van der Waals surface area contributed by atoms with E-state index in [0.29, 0.717) is 0 Å². The highest BCUT2D eigenvalue weighted by molar-refractivity contribution is 7.97. The molecule has 0 N–H and O–H groups in total. The van der Waals surface area contributed by atoms with Crippen LogP contribution in [0.4, 0.5) is 0 Å². The standard InChI is InChI=1S/C13H15NOS/c1-9-4-5-12-11(6-9)13(15)10(8-16-3)7-14(12)2/h4-7H,8H2,1-3H3. The van der Waals surface area contributed by atoms with E-state index in [-0.39, 0.29) is 5.43 Å². The van der Waals surface area contributed by atoms with Gasteiger partial charge >= 0.3 is 0 Å². The van der Waals surface area contributed by atoms with E-state index in [1.165, 1.54) is 0 Å². The van der Waals surface area contributed by atoms with Crippen molar-refractivity contribution in [1.82, 2.24) is 4.57 Å². The molecule has 84 valence electrons. The van der Waals surface area contributed by atoms with Crippen molar-refractivity contribution in [2.24, 2.45) is 7.05 Å². The van der Waals surface area contributed by atoms with Gasteiger partial charge in [-0.15, -0.1) is 0 Å². The molecule has 0 unspecified atom stereocenters. The van der Waals surface area contributed by atoms with Gasteiger partial charge in [-0.3, -0.25) is 4.79 Å². The molecule has 0 radical (unpaired) electrons. The number of thioether (sulfide) groups is 1. The van der Waals surface area contributed by atoms with E-state index in [9.17, 15) is 4.79 Å². The van der Waals surface area contributed by atoms with Gasteiger partial charge in [0.2, 0.25) is 0 Å². The lowest BCUT2D eigenvalue weighted by molar-refractivity contribution is 0.936. The number of fused-ring (bicyclic) bond motifs is 1. The highest BCUT2D eigenvalue weighted by Gasteiger charge is 2.06. The molecule has 1 aromatic heterocycles. The maximum atomic E-state index is 12.2. The van der Waals surface area contributed by atoms with Crippen LogP contribution in [0.15, 0.2) is 29.2 Å². The lowest BCUT2D eigenvalue weighted by Crippen LogP contribution is -2.12. The van der Waals surface area contributed by atoms with Crippen LogP contribution in [-0.2, 0) is 12.8 Å². The molecule has 2 rings (SSSR count). The number of hydrogen-bond acceptors (Lipinski definition) is 2. The van der Waals surface area contributed by atoms with Gasteiger partial charge in [0, 0.05) is 29.9 Å². The average molecular weight is 233 g/mol. The summed E-state index contributed by atoms with van der Waals surface area (Å²) in [6.45, 7) is 2.01. The summed E-state index contributed by atoms with van der Waals surface area (Å²) in [5.41, 5.74) is 3.19. The number of hydrogen-bond donors (Lipinski definition) is 0. The van der Waals surface area contributed by atoms with Gasteiger partial charge in [0.25, 0.3) is 0 Å². The Labute approximate surface area is 99.3 Å². The predicted octanol–water partition coefficient (Wildman–Crippen LogP) is 2.71. The summed E-state index contributed by atoms with van der Waals surface area (Å²) in [5.74, 6) is 0.774. The zero-order valence-corrected chi connectivity index (χ0v) is 10.6. The highest BCUT2D eigenvalue weighted by atomic mass is 32.2. The van der Waals surface area contributed by atoms with Crippen LogP contribution in [0.5, 0.6) is 0 Å². The molecule has 0 atom stereocenters. The third-order valence-electron chi connectivity index (χ3n) is 2.72. The first kappa shape index (κ1) is 11.3. The molecule has 0 saturated carbocycles. The molecule has 2 nitrogen and oxygen atoms in total. The molecule has 16 heavy (non-hydrogen) atoms. The van der Waals surface area contributed by atoms with Crippen molar-refractivity contribution >= 4 is 22.7 Å². The number of rotatable bonds is 2. The Hall–Kier alpha value is -1.22. The van der Waals surface area contributed by atoms with E-state index >= 15 is 0 Å². The summed E-state index contributed by atoms with van der Waals surface area (Å²) in [6.07, 6.45) is 3.95. The van der Waals surface area contributed by atoms with Crippen molar-refractivity contribution < 1.29 is 0 Å². The van der Waals surface area contributed by atoms with E-state index in [2.05, 4.69) is 0 Å². The molecule has 0 amide bonds. The van der Waals surface area contributed by atoms with Crippen molar-refractivity contribution in [2.45, 2.75) is 12.7 Å². The maximum Gasteiger partial charge on any atom is 0.193 e. The summed E-state index contributed by atoms with van der Waals surface area (Å²) in [6, 6.07) is 6.02. The van der Waals surface area contributed by atoms with E-state index < -0.39 is 0 Å². The quantitative estimate of drug-likeness (QED) is 0.795. The molecule has 0 aliphatic rings. The van der Waals surface area contributed by atoms with E-state index in [0.717, 1.165) is 27.8 Å². The summed E-state index contributed by atoms with van der Waals surface area (Å²) in [7, 11) is 1.99. The van der Waals surface area contributed by atoms with Gasteiger partial charge in [0.1, 0.15) is 0 Å². The Kier molecular flexibility index (Phi) is 3.06. The Morgan fingerprint density at radius 3 is 2.81 bits per heavy atom. The normalized spacial score (nSPS) is 10.9. The fourth-order valence-electron chi connectivity index (χ4n) is 1.93. The minimum atomic E-state index is 0.172. The number of nitrogens with zero attached hydrogens (tertiary/aromatic N) is 1. The summed E-state index contributed by atoms with van der Waals surface area (Å²) in [5, 5.41) is 0.828. The minimum absolute atomic E-state index is 0.172. The van der Waals surface area contributed by atoms with Crippen LogP contribution in [0.25, 0.3) is 10.9 Å². The van der Waals surface area contributed by atoms with E-state index in [4.69, 9.17) is 0 Å². The van der Waals surface area contributed by atoms with Gasteiger partial charge in [-0.1, -0.05) is 11.6 Å². The van der Waals surface area contributed by atoms with Crippen LogP contribution in [0.2, 0.25) is 0 Å². The third kappa shape index (κ3) is 1.87. The summed E-state index contributed by atoms with van der Waals surface area (Å²) in [4.78, 5) is 12.2. The van der Waals surface area contributed by atoms with Crippen molar-refractivity contribution in [3.8, 4) is 0 Å². The first-order valence-electron chi connectivity index (χ1n) is 5.21. The fraction of sp³-hybridized carbons (Fsp3) is 0.308. The SMILES string of the molecule is CSCc1cn(C)c2ccc(C)cc2c1=O. The summed E-state index contributed by atoms with van der Waals surface area (Å²) >= 11 is 1.68. The highest BCUT2D eigenvalue weighted by Crippen LogP contribution is 2.14. The molecule has 0 spiro atoms. The van der Waals surface area contributed by atoms with Gasteiger partial charge in [0.05, 0.1) is 5.52 Å². The number of benzene rings is 1. The lowest BCUT2D eigenvalue weighted by Gasteiger charge is -2.08. The van der Waals surface area contributed by atoms with Crippen molar-refractivity contribution in [2.75, 3.05) is 6.26 Å². The number of aryl methyl sites for hydroxylation is 2. The molecule has 2 aromatic rings. The Morgan fingerprint density at radius 2 is 2.12 bits per heavy atom. The van der Waals surface area contributed by atoms with Crippen molar-refractivity contribution in [3.63, 3.8) is 0 Å². The fourth-order valence-corrected chi connectivity index (χ4v) is 2.45. The first-order chi connectivity index (χ1) is 7.63. The number of aromatic nitrogens is 1. The minimum Gasteiger partial charge on any atom is -0.350 e. The van der Waals surface area contributed by atoms with Crippen LogP contribution in [0.1, 0.15) is 11.1 Å². The predicted molar refractivity (Wildman–Crippen MR) is 71.1 cm³/mol. The van der Waals surface area contributed by atoms with Crippen LogP contribution < -0.4 is 5.43 Å². The number of pyridine rings is 1. The van der Waals surface area contributed by atoms with Gasteiger partial charge in [-0.05, 0) is 25.3 Å². The van der Waals surface area contributed by atoms with Crippen LogP contribution in [-0.4, -0.2) is 10.8 Å². The zero-order chi connectivity index (χ0) is 11.7. The second-order valence-corrected chi connectivity index (χ2v) is 4.91. The van der Waals surface area contributed by atoms with Gasteiger partial charge in [0.15, 0.2) is 5.43 Å². The average Bonchev–Trinajstić information content (AvgIpc) is 2.25. The van der Waals surface area contributed by atoms with Crippen molar-refractivity contribution in [3.05, 3.63) is 45.7 Å². The molecule has 0 aliphatic carbocycles. The second kappa shape index (κ2) is 4.34. The van der Waals surface area contributed by atoms with Crippen LogP contribution >= 0.6 is 11.8 Å². The molecule has 0 saturated heterocycles. The molecule has 1 heterocycles. The Bertz CT molecular complexity index is 586. The Morgan fingerprint density at radius 1 is 1.38 bits per heavy atom. The van der Waals surface area contributed by atoms with E-state index in [1.807, 2.05) is 49.2 Å². The summed E-state index contributed by atoms with van der Waals surface area (Å²) < 4.78 is 2.03. The van der Waals surface area contributed by atoms with Gasteiger partial charge < -0.3 is 4.57 Å². The van der Waals surface area contributed by atoms with Crippen LogP contribution in [0, 0.1) is 6.92 Å². The maximum absolute atomic E-state index is 12.2. The van der Waals surface area contributed by atoms with Crippen LogP contribution in [0.3, 0.4) is 0 Å². The Balaban J connectivity index is 2.81. The largest absolute Gasteiger partial charge is 0.350 e. The molecule has 0 aliphatic heterocycles. The molecule has 0 fully saturated rings.